The lowest BCUT2D eigenvalue weighted by molar-refractivity contribution is -0.140. The van der Waals surface area contributed by atoms with Crippen molar-refractivity contribution in [3.63, 3.8) is 0 Å². The summed E-state index contributed by atoms with van der Waals surface area (Å²) >= 11 is 19.6. The van der Waals surface area contributed by atoms with Crippen LogP contribution in [0.5, 0.6) is 0 Å². The first kappa shape index (κ1) is 25.9. The van der Waals surface area contributed by atoms with Crippen molar-refractivity contribution in [2.45, 2.75) is 57.1 Å². The molecule has 0 fully saturated rings. The van der Waals surface area contributed by atoms with Crippen molar-refractivity contribution in [3.05, 3.63) is 63.1 Å². The number of rotatable bonds is 8. The Morgan fingerprint density at radius 2 is 1.68 bits per heavy atom. The van der Waals surface area contributed by atoms with Crippen LogP contribution in [0.1, 0.15) is 39.7 Å². The highest BCUT2D eigenvalue weighted by molar-refractivity contribution is 7.99. The Kier molecular flexibility index (Phi) is 9.56. The molecule has 0 radical (unpaired) electrons. The molecule has 2 rings (SSSR count). The molecule has 0 bridgehead atoms. The van der Waals surface area contributed by atoms with Crippen LogP contribution < -0.4 is 5.32 Å². The second-order valence-electron chi connectivity index (χ2n) is 8.24. The molecule has 0 aromatic heterocycles. The zero-order chi connectivity index (χ0) is 23.2. The fraction of sp³-hybridized carbons (Fsp3) is 0.391. The molecular weight excluding hydrogens is 475 g/mol. The molecule has 31 heavy (non-hydrogen) atoms. The average molecular weight is 502 g/mol. The number of carbonyl (C=O) groups is 2. The highest BCUT2D eigenvalue weighted by Crippen LogP contribution is 2.25. The first-order chi connectivity index (χ1) is 14.5. The maximum absolute atomic E-state index is 13.1. The van der Waals surface area contributed by atoms with E-state index >= 15 is 0 Å². The van der Waals surface area contributed by atoms with Crippen molar-refractivity contribution >= 4 is 58.4 Å². The van der Waals surface area contributed by atoms with E-state index in [0.717, 1.165) is 10.5 Å². The van der Waals surface area contributed by atoms with E-state index in [1.165, 1.54) is 0 Å². The van der Waals surface area contributed by atoms with E-state index in [1.807, 2.05) is 51.1 Å². The van der Waals surface area contributed by atoms with Crippen molar-refractivity contribution < 1.29 is 9.59 Å². The van der Waals surface area contributed by atoms with Gasteiger partial charge in [0.1, 0.15) is 6.04 Å². The van der Waals surface area contributed by atoms with Gasteiger partial charge in [-0.2, -0.15) is 0 Å². The van der Waals surface area contributed by atoms with Crippen molar-refractivity contribution in [3.8, 4) is 0 Å². The molecular formula is C23H27Cl3N2O2S. The Morgan fingerprint density at radius 3 is 2.26 bits per heavy atom. The van der Waals surface area contributed by atoms with Crippen molar-refractivity contribution in [1.82, 2.24) is 10.2 Å². The number of hydrogen-bond donors (Lipinski definition) is 1. The minimum Gasteiger partial charge on any atom is -0.350 e. The van der Waals surface area contributed by atoms with Crippen LogP contribution in [0.3, 0.4) is 0 Å². The van der Waals surface area contributed by atoms with E-state index in [0.29, 0.717) is 27.2 Å². The SMILES string of the molecule is CC(C(=O)NC(C)(C)C)N(Cc1ccc(Cl)c(Cl)c1)C(=O)CCSc1ccc(Cl)cc1. The van der Waals surface area contributed by atoms with Crippen LogP contribution in [0.25, 0.3) is 0 Å². The van der Waals surface area contributed by atoms with Crippen molar-refractivity contribution in [2.24, 2.45) is 0 Å². The maximum atomic E-state index is 13.1. The van der Waals surface area contributed by atoms with Gasteiger partial charge in [0.25, 0.3) is 0 Å². The molecule has 0 aliphatic carbocycles. The van der Waals surface area contributed by atoms with Gasteiger partial charge in [0.15, 0.2) is 0 Å². The number of benzene rings is 2. The summed E-state index contributed by atoms with van der Waals surface area (Å²) in [5.74, 6) is 0.279. The van der Waals surface area contributed by atoms with E-state index in [2.05, 4.69) is 5.32 Å². The Bertz CT molecular complexity index is 914. The Morgan fingerprint density at radius 1 is 1.03 bits per heavy atom. The second kappa shape index (κ2) is 11.5. The summed E-state index contributed by atoms with van der Waals surface area (Å²) in [6.07, 6.45) is 0.293. The summed E-state index contributed by atoms with van der Waals surface area (Å²) in [6.45, 7) is 7.73. The fourth-order valence-corrected chi connectivity index (χ4v) is 4.11. The Balaban J connectivity index is 2.12. The van der Waals surface area contributed by atoms with Crippen LogP contribution in [0, 0.1) is 0 Å². The molecule has 1 atom stereocenters. The average Bonchev–Trinajstić information content (AvgIpc) is 2.68. The lowest BCUT2D eigenvalue weighted by Gasteiger charge is -2.31. The number of nitrogens with one attached hydrogen (secondary N) is 1. The van der Waals surface area contributed by atoms with Gasteiger partial charge in [-0.3, -0.25) is 9.59 Å². The monoisotopic (exact) mass is 500 g/mol. The summed E-state index contributed by atoms with van der Waals surface area (Å²) in [5, 5.41) is 4.48. The number of amides is 2. The first-order valence-corrected chi connectivity index (χ1v) is 12.0. The summed E-state index contributed by atoms with van der Waals surface area (Å²) < 4.78 is 0. The molecule has 0 spiro atoms. The molecule has 1 unspecified atom stereocenters. The van der Waals surface area contributed by atoms with E-state index < -0.39 is 11.6 Å². The molecule has 4 nitrogen and oxygen atoms in total. The number of carbonyl (C=O) groups excluding carboxylic acids is 2. The third-order valence-corrected chi connectivity index (χ3v) is 6.41. The lowest BCUT2D eigenvalue weighted by atomic mass is 10.1. The molecule has 0 aliphatic rings. The van der Waals surface area contributed by atoms with Crippen molar-refractivity contribution in [1.29, 1.82) is 0 Å². The molecule has 2 amide bonds. The molecule has 0 saturated carbocycles. The molecule has 1 N–H and O–H groups in total. The van der Waals surface area contributed by atoms with Crippen molar-refractivity contribution in [2.75, 3.05) is 5.75 Å². The molecule has 2 aromatic rings. The third-order valence-electron chi connectivity index (χ3n) is 4.40. The predicted molar refractivity (Wildman–Crippen MR) is 131 cm³/mol. The lowest BCUT2D eigenvalue weighted by Crippen LogP contribution is -2.52. The zero-order valence-corrected chi connectivity index (χ0v) is 21.1. The van der Waals surface area contributed by atoms with Crippen LogP contribution >= 0.6 is 46.6 Å². The summed E-state index contributed by atoms with van der Waals surface area (Å²) in [5.41, 5.74) is 0.414. The molecule has 0 aliphatic heterocycles. The number of hydrogen-bond acceptors (Lipinski definition) is 3. The predicted octanol–water partition coefficient (Wildman–Crippen LogP) is 6.46. The quantitative estimate of drug-likeness (QED) is 0.422. The van der Waals surface area contributed by atoms with Gasteiger partial charge < -0.3 is 10.2 Å². The van der Waals surface area contributed by atoms with E-state index in [-0.39, 0.29) is 18.4 Å². The highest BCUT2D eigenvalue weighted by Gasteiger charge is 2.28. The van der Waals surface area contributed by atoms with E-state index in [4.69, 9.17) is 34.8 Å². The number of thioether (sulfide) groups is 1. The maximum Gasteiger partial charge on any atom is 0.242 e. The largest absolute Gasteiger partial charge is 0.350 e. The topological polar surface area (TPSA) is 49.4 Å². The zero-order valence-electron chi connectivity index (χ0n) is 18.0. The van der Waals surface area contributed by atoms with Crippen LogP contribution in [-0.2, 0) is 16.1 Å². The normalized spacial score (nSPS) is 12.4. The van der Waals surface area contributed by atoms with Crippen LogP contribution in [-0.4, -0.2) is 34.0 Å². The third kappa shape index (κ3) is 8.57. The summed E-state index contributed by atoms with van der Waals surface area (Å²) in [4.78, 5) is 28.5. The van der Waals surface area contributed by atoms with Gasteiger partial charge in [-0.15, -0.1) is 11.8 Å². The Hall–Kier alpha value is -1.40. The van der Waals surface area contributed by atoms with Crippen LogP contribution in [0.2, 0.25) is 15.1 Å². The molecule has 2 aromatic carbocycles. The van der Waals surface area contributed by atoms with E-state index in [9.17, 15) is 9.59 Å². The van der Waals surface area contributed by atoms with Gasteiger partial charge in [-0.05, 0) is 69.7 Å². The van der Waals surface area contributed by atoms with Gasteiger partial charge in [0.2, 0.25) is 11.8 Å². The highest BCUT2D eigenvalue weighted by atomic mass is 35.5. The fourth-order valence-electron chi connectivity index (χ4n) is 2.82. The van der Waals surface area contributed by atoms with Gasteiger partial charge in [0, 0.05) is 34.2 Å². The van der Waals surface area contributed by atoms with Gasteiger partial charge in [0.05, 0.1) is 10.0 Å². The first-order valence-electron chi connectivity index (χ1n) is 9.90. The Labute approximate surface area is 203 Å². The van der Waals surface area contributed by atoms with Gasteiger partial charge in [-0.25, -0.2) is 0 Å². The molecule has 168 valence electrons. The standard InChI is InChI=1S/C23H27Cl3N2O2S/c1-15(22(30)27-23(2,3)4)28(14-16-5-10-19(25)20(26)13-16)21(29)11-12-31-18-8-6-17(24)7-9-18/h5-10,13,15H,11-12,14H2,1-4H3,(H,27,30). The minimum absolute atomic E-state index is 0.107. The van der Waals surface area contributed by atoms with E-state index in [1.54, 1.807) is 35.7 Å². The van der Waals surface area contributed by atoms with Gasteiger partial charge >= 0.3 is 0 Å². The molecule has 0 heterocycles. The molecule has 8 heteroatoms. The van der Waals surface area contributed by atoms with Gasteiger partial charge in [-0.1, -0.05) is 40.9 Å². The summed E-state index contributed by atoms with van der Waals surface area (Å²) in [6, 6.07) is 12.1. The smallest absolute Gasteiger partial charge is 0.242 e. The minimum atomic E-state index is -0.637. The molecule has 0 saturated heterocycles. The van der Waals surface area contributed by atoms with Crippen LogP contribution in [0.15, 0.2) is 47.4 Å². The van der Waals surface area contributed by atoms with Crippen LogP contribution in [0.4, 0.5) is 0 Å². The summed E-state index contributed by atoms with van der Waals surface area (Å²) in [7, 11) is 0. The second-order valence-corrected chi connectivity index (χ2v) is 10.7. The number of nitrogens with zero attached hydrogens (tertiary/aromatic N) is 1. The number of halogens is 3.